The monoisotopic (exact) mass is 258 g/mol. The Morgan fingerprint density at radius 1 is 1.53 bits per heavy atom. The van der Waals surface area contributed by atoms with E-state index in [1.165, 1.54) is 16.2 Å². The fourth-order valence-corrected chi connectivity index (χ4v) is 3.10. The van der Waals surface area contributed by atoms with Gasteiger partial charge in [0.1, 0.15) is 5.15 Å². The Morgan fingerprint density at radius 3 is 3.00 bits per heavy atom. The van der Waals surface area contributed by atoms with Crippen molar-refractivity contribution in [2.24, 2.45) is 0 Å². The predicted octanol–water partition coefficient (Wildman–Crippen LogP) is 3.90. The maximum absolute atomic E-state index is 5.75. The summed E-state index contributed by atoms with van der Waals surface area (Å²) in [6.45, 7) is 2.15. The van der Waals surface area contributed by atoms with E-state index in [9.17, 15) is 0 Å². The van der Waals surface area contributed by atoms with Gasteiger partial charge in [0.15, 0.2) is 5.13 Å². The molecule has 0 amide bonds. The van der Waals surface area contributed by atoms with Gasteiger partial charge in [0.05, 0.1) is 0 Å². The van der Waals surface area contributed by atoms with Crippen LogP contribution in [-0.4, -0.2) is 11.0 Å². The first-order valence-corrected chi connectivity index (χ1v) is 6.77. The van der Waals surface area contributed by atoms with Crippen molar-refractivity contribution in [3.05, 3.63) is 32.9 Å². The first-order valence-electron chi connectivity index (χ1n) is 4.64. The molecule has 0 bridgehead atoms. The molecule has 2 heterocycles. The summed E-state index contributed by atoms with van der Waals surface area (Å²) in [6.07, 6.45) is 1.02. The van der Waals surface area contributed by atoms with Crippen LogP contribution in [0.15, 0.2) is 22.9 Å². The van der Waals surface area contributed by atoms with E-state index < -0.39 is 0 Å². The zero-order valence-corrected chi connectivity index (χ0v) is 10.6. The van der Waals surface area contributed by atoms with Crippen molar-refractivity contribution in [3.8, 4) is 0 Å². The molecule has 0 aliphatic rings. The molecule has 5 heteroatoms. The SMILES string of the molecule is CC(Cc1cccs1)Nc1nc(Cl)cs1. The Kier molecular flexibility index (Phi) is 3.61. The summed E-state index contributed by atoms with van der Waals surface area (Å²) < 4.78 is 0. The van der Waals surface area contributed by atoms with Crippen LogP contribution in [0, 0.1) is 0 Å². The molecule has 0 fully saturated rings. The van der Waals surface area contributed by atoms with E-state index in [1.54, 1.807) is 11.3 Å². The third-order valence-corrected chi connectivity index (χ3v) is 3.93. The predicted molar refractivity (Wildman–Crippen MR) is 68.2 cm³/mol. The van der Waals surface area contributed by atoms with Gasteiger partial charge >= 0.3 is 0 Å². The van der Waals surface area contributed by atoms with Gasteiger partial charge in [-0.3, -0.25) is 0 Å². The molecule has 0 aromatic carbocycles. The van der Waals surface area contributed by atoms with E-state index in [4.69, 9.17) is 11.6 Å². The van der Waals surface area contributed by atoms with Gasteiger partial charge in [0.25, 0.3) is 0 Å². The second kappa shape index (κ2) is 4.96. The van der Waals surface area contributed by atoms with Crippen molar-refractivity contribution in [3.63, 3.8) is 0 Å². The topological polar surface area (TPSA) is 24.9 Å². The minimum atomic E-state index is 0.380. The van der Waals surface area contributed by atoms with Crippen LogP contribution >= 0.6 is 34.3 Å². The van der Waals surface area contributed by atoms with E-state index in [0.29, 0.717) is 11.2 Å². The number of aromatic nitrogens is 1. The lowest BCUT2D eigenvalue weighted by atomic mass is 10.2. The van der Waals surface area contributed by atoms with Crippen molar-refractivity contribution >= 4 is 39.4 Å². The summed E-state index contributed by atoms with van der Waals surface area (Å²) in [7, 11) is 0. The van der Waals surface area contributed by atoms with Gasteiger partial charge in [-0.25, -0.2) is 4.98 Å². The van der Waals surface area contributed by atoms with Crippen molar-refractivity contribution in [1.29, 1.82) is 0 Å². The van der Waals surface area contributed by atoms with Crippen LogP contribution in [0.4, 0.5) is 5.13 Å². The molecule has 2 aromatic heterocycles. The van der Waals surface area contributed by atoms with E-state index in [0.717, 1.165) is 11.6 Å². The molecule has 1 N–H and O–H groups in total. The number of nitrogens with zero attached hydrogens (tertiary/aromatic N) is 1. The standard InChI is InChI=1S/C10H11ClN2S2/c1-7(5-8-3-2-4-14-8)12-10-13-9(11)6-15-10/h2-4,6-7H,5H2,1H3,(H,12,13). The largest absolute Gasteiger partial charge is 0.359 e. The van der Waals surface area contributed by atoms with Gasteiger partial charge in [-0.15, -0.1) is 22.7 Å². The van der Waals surface area contributed by atoms with Crippen LogP contribution in [0.2, 0.25) is 5.15 Å². The van der Waals surface area contributed by atoms with Crippen LogP contribution in [0.1, 0.15) is 11.8 Å². The highest BCUT2D eigenvalue weighted by atomic mass is 35.5. The molecule has 0 aliphatic carbocycles. The summed E-state index contributed by atoms with van der Waals surface area (Å²) in [6, 6.07) is 4.61. The number of thiazole rings is 1. The van der Waals surface area contributed by atoms with E-state index in [-0.39, 0.29) is 0 Å². The molecule has 2 nitrogen and oxygen atoms in total. The van der Waals surface area contributed by atoms with E-state index in [2.05, 4.69) is 34.7 Å². The average molecular weight is 259 g/mol. The van der Waals surface area contributed by atoms with E-state index in [1.807, 2.05) is 5.38 Å². The molecule has 0 saturated heterocycles. The zero-order chi connectivity index (χ0) is 10.7. The van der Waals surface area contributed by atoms with Crippen LogP contribution in [-0.2, 0) is 6.42 Å². The number of halogens is 1. The number of nitrogens with one attached hydrogen (secondary N) is 1. The summed E-state index contributed by atoms with van der Waals surface area (Å²) in [4.78, 5) is 5.54. The minimum absolute atomic E-state index is 0.380. The molecular weight excluding hydrogens is 248 g/mol. The van der Waals surface area contributed by atoms with Crippen molar-refractivity contribution in [2.45, 2.75) is 19.4 Å². The lowest BCUT2D eigenvalue weighted by molar-refractivity contribution is 0.799. The Balaban J connectivity index is 1.90. The highest BCUT2D eigenvalue weighted by molar-refractivity contribution is 7.14. The Morgan fingerprint density at radius 2 is 2.40 bits per heavy atom. The molecular formula is C10H11ClN2S2. The van der Waals surface area contributed by atoms with Gasteiger partial charge in [-0.1, -0.05) is 17.7 Å². The first kappa shape index (κ1) is 10.9. The molecule has 0 saturated carbocycles. The highest BCUT2D eigenvalue weighted by Gasteiger charge is 2.06. The summed E-state index contributed by atoms with van der Waals surface area (Å²) >= 11 is 9.07. The average Bonchev–Trinajstić information content (AvgIpc) is 2.77. The molecule has 0 spiro atoms. The number of rotatable bonds is 4. The van der Waals surface area contributed by atoms with Crippen LogP contribution < -0.4 is 5.32 Å². The lowest BCUT2D eigenvalue weighted by Gasteiger charge is -2.10. The molecule has 80 valence electrons. The number of hydrogen-bond donors (Lipinski definition) is 1. The molecule has 0 radical (unpaired) electrons. The van der Waals surface area contributed by atoms with Gasteiger partial charge in [0, 0.05) is 22.7 Å². The Hall–Kier alpha value is -0.580. The van der Waals surface area contributed by atoms with Crippen LogP contribution in [0.5, 0.6) is 0 Å². The fourth-order valence-electron chi connectivity index (χ4n) is 1.31. The second-order valence-corrected chi connectivity index (χ2v) is 5.58. The molecule has 1 atom stereocenters. The third kappa shape index (κ3) is 3.19. The summed E-state index contributed by atoms with van der Waals surface area (Å²) in [5.74, 6) is 0. The normalized spacial score (nSPS) is 12.7. The lowest BCUT2D eigenvalue weighted by Crippen LogP contribution is -2.17. The van der Waals surface area contributed by atoms with Crippen LogP contribution in [0.25, 0.3) is 0 Å². The quantitative estimate of drug-likeness (QED) is 0.900. The van der Waals surface area contributed by atoms with Gasteiger partial charge in [0.2, 0.25) is 0 Å². The van der Waals surface area contributed by atoms with Gasteiger partial charge in [-0.2, -0.15) is 0 Å². The van der Waals surface area contributed by atoms with Gasteiger partial charge in [-0.05, 0) is 18.4 Å². The second-order valence-electron chi connectivity index (χ2n) is 3.30. The minimum Gasteiger partial charge on any atom is -0.359 e. The molecule has 1 unspecified atom stereocenters. The number of anilines is 1. The Bertz CT molecular complexity index is 411. The first-order chi connectivity index (χ1) is 7.24. The molecule has 2 rings (SSSR count). The molecule has 2 aromatic rings. The fraction of sp³-hybridized carbons (Fsp3) is 0.300. The highest BCUT2D eigenvalue weighted by Crippen LogP contribution is 2.20. The number of thiophene rings is 1. The molecule has 15 heavy (non-hydrogen) atoms. The molecule has 0 aliphatic heterocycles. The zero-order valence-electron chi connectivity index (χ0n) is 8.24. The summed E-state index contributed by atoms with van der Waals surface area (Å²) in [5.41, 5.74) is 0. The number of hydrogen-bond acceptors (Lipinski definition) is 4. The maximum Gasteiger partial charge on any atom is 0.184 e. The maximum atomic E-state index is 5.75. The van der Waals surface area contributed by atoms with Crippen LogP contribution in [0.3, 0.4) is 0 Å². The smallest absolute Gasteiger partial charge is 0.184 e. The summed E-state index contributed by atoms with van der Waals surface area (Å²) in [5, 5.41) is 8.72. The van der Waals surface area contributed by atoms with Crippen molar-refractivity contribution in [2.75, 3.05) is 5.32 Å². The van der Waals surface area contributed by atoms with Crippen molar-refractivity contribution in [1.82, 2.24) is 4.98 Å². The van der Waals surface area contributed by atoms with Crippen molar-refractivity contribution < 1.29 is 0 Å². The Labute approximate surface area is 102 Å². The van der Waals surface area contributed by atoms with Gasteiger partial charge < -0.3 is 5.32 Å². The van der Waals surface area contributed by atoms with E-state index >= 15 is 0 Å². The third-order valence-electron chi connectivity index (χ3n) is 1.93.